The second-order valence-electron chi connectivity index (χ2n) is 5.55. The second-order valence-corrected chi connectivity index (χ2v) is 6.61. The number of benzene rings is 1. The number of phenols is 1. The Morgan fingerprint density at radius 2 is 2.12 bits per heavy atom. The molecule has 1 aromatic heterocycles. The fourth-order valence-electron chi connectivity index (χ4n) is 2.35. The van der Waals surface area contributed by atoms with Gasteiger partial charge in [0.05, 0.1) is 17.8 Å². The standard InChI is InChI=1S/C18H26N4O2S.HI/c1-4-19-18(21-10-8-15-12-25-13(2)22-15)20-9-7-14-5-6-16(23)17(11-14)24-3;/h5-6,11-12,23H,4,7-10H2,1-3H3,(H2,19,20,21);1H. The number of nitrogens with one attached hydrogen (secondary N) is 2. The lowest BCUT2D eigenvalue weighted by Gasteiger charge is -2.12. The molecule has 0 saturated carbocycles. The topological polar surface area (TPSA) is 78.8 Å². The van der Waals surface area contributed by atoms with Gasteiger partial charge >= 0.3 is 0 Å². The van der Waals surface area contributed by atoms with Crippen molar-refractivity contribution in [2.45, 2.75) is 26.7 Å². The number of rotatable bonds is 8. The Labute approximate surface area is 176 Å². The average Bonchev–Trinajstić information content (AvgIpc) is 3.01. The zero-order valence-corrected chi connectivity index (χ0v) is 18.6. The number of hydrogen-bond acceptors (Lipinski definition) is 5. The third-order valence-corrected chi connectivity index (χ3v) is 4.42. The number of thiazole rings is 1. The largest absolute Gasteiger partial charge is 0.504 e. The minimum Gasteiger partial charge on any atom is -0.504 e. The van der Waals surface area contributed by atoms with Gasteiger partial charge in [-0.25, -0.2) is 4.98 Å². The van der Waals surface area contributed by atoms with Crippen molar-refractivity contribution in [1.82, 2.24) is 15.6 Å². The Balaban J connectivity index is 0.00000338. The van der Waals surface area contributed by atoms with Crippen molar-refractivity contribution in [3.8, 4) is 11.5 Å². The molecule has 0 aliphatic rings. The van der Waals surface area contributed by atoms with Crippen LogP contribution in [0.15, 0.2) is 28.6 Å². The summed E-state index contributed by atoms with van der Waals surface area (Å²) in [6.45, 7) is 6.32. The summed E-state index contributed by atoms with van der Waals surface area (Å²) in [5, 5.41) is 19.4. The SMILES string of the molecule is CCNC(=NCCc1csc(C)n1)NCCc1ccc(O)c(OC)c1.I. The molecule has 6 nitrogen and oxygen atoms in total. The molecule has 144 valence electrons. The maximum Gasteiger partial charge on any atom is 0.191 e. The molecule has 0 spiro atoms. The maximum atomic E-state index is 9.64. The first-order chi connectivity index (χ1) is 12.1. The molecule has 0 aliphatic carbocycles. The minimum atomic E-state index is 0. The van der Waals surface area contributed by atoms with E-state index in [0.717, 1.165) is 48.2 Å². The lowest BCUT2D eigenvalue weighted by Crippen LogP contribution is -2.38. The van der Waals surface area contributed by atoms with Crippen molar-refractivity contribution < 1.29 is 9.84 Å². The van der Waals surface area contributed by atoms with Gasteiger partial charge in [-0.15, -0.1) is 35.3 Å². The molecule has 1 heterocycles. The van der Waals surface area contributed by atoms with Gasteiger partial charge in [0, 0.05) is 31.4 Å². The Morgan fingerprint density at radius 1 is 1.31 bits per heavy atom. The summed E-state index contributed by atoms with van der Waals surface area (Å²) >= 11 is 1.67. The number of hydrogen-bond donors (Lipinski definition) is 3. The van der Waals surface area contributed by atoms with Crippen LogP contribution in [0.25, 0.3) is 0 Å². The summed E-state index contributed by atoms with van der Waals surface area (Å²) < 4.78 is 5.14. The van der Waals surface area contributed by atoms with E-state index in [1.807, 2.05) is 26.0 Å². The lowest BCUT2D eigenvalue weighted by atomic mass is 10.1. The third-order valence-electron chi connectivity index (χ3n) is 3.60. The number of aliphatic imine (C=N–C) groups is 1. The number of aromatic hydroxyl groups is 1. The monoisotopic (exact) mass is 490 g/mol. The normalized spacial score (nSPS) is 11.0. The third kappa shape index (κ3) is 7.36. The molecular formula is C18H27IN4O2S. The van der Waals surface area contributed by atoms with Crippen LogP contribution in [0.3, 0.4) is 0 Å². The van der Waals surface area contributed by atoms with Gasteiger partial charge in [0.25, 0.3) is 0 Å². The molecule has 0 saturated heterocycles. The van der Waals surface area contributed by atoms with Gasteiger partial charge in [-0.1, -0.05) is 6.07 Å². The summed E-state index contributed by atoms with van der Waals surface area (Å²) in [5.41, 5.74) is 2.19. The number of guanidine groups is 1. The quantitative estimate of drug-likeness (QED) is 0.301. The number of aromatic nitrogens is 1. The highest BCUT2D eigenvalue weighted by atomic mass is 127. The van der Waals surface area contributed by atoms with E-state index in [9.17, 15) is 5.11 Å². The van der Waals surface area contributed by atoms with Crippen LogP contribution in [-0.2, 0) is 12.8 Å². The summed E-state index contributed by atoms with van der Waals surface area (Å²) in [5.74, 6) is 1.46. The molecule has 2 rings (SSSR count). The van der Waals surface area contributed by atoms with E-state index >= 15 is 0 Å². The van der Waals surface area contributed by atoms with Crippen LogP contribution in [-0.4, -0.2) is 42.8 Å². The smallest absolute Gasteiger partial charge is 0.191 e. The highest BCUT2D eigenvalue weighted by Gasteiger charge is 2.04. The molecule has 8 heteroatoms. The van der Waals surface area contributed by atoms with Crippen molar-refractivity contribution in [3.63, 3.8) is 0 Å². The van der Waals surface area contributed by atoms with Gasteiger partial charge in [-0.05, 0) is 38.0 Å². The van der Waals surface area contributed by atoms with Crippen LogP contribution in [0.4, 0.5) is 0 Å². The summed E-state index contributed by atoms with van der Waals surface area (Å²) in [7, 11) is 1.55. The van der Waals surface area contributed by atoms with Gasteiger partial charge in [-0.3, -0.25) is 4.99 Å². The van der Waals surface area contributed by atoms with Crippen LogP contribution in [0.2, 0.25) is 0 Å². The molecule has 0 bridgehead atoms. The van der Waals surface area contributed by atoms with E-state index in [2.05, 4.69) is 26.0 Å². The first-order valence-electron chi connectivity index (χ1n) is 8.41. The summed E-state index contributed by atoms with van der Waals surface area (Å²) in [4.78, 5) is 9.05. The fraction of sp³-hybridized carbons (Fsp3) is 0.444. The Bertz CT molecular complexity index is 706. The molecule has 0 atom stereocenters. The Morgan fingerprint density at radius 3 is 2.77 bits per heavy atom. The lowest BCUT2D eigenvalue weighted by molar-refractivity contribution is 0.373. The molecule has 1 aromatic carbocycles. The highest BCUT2D eigenvalue weighted by molar-refractivity contribution is 14.0. The number of ether oxygens (including phenoxy) is 1. The Hall–Kier alpha value is -1.55. The maximum absolute atomic E-state index is 9.64. The minimum absolute atomic E-state index is 0. The Kier molecular flexibility index (Phi) is 10.3. The molecule has 2 aromatic rings. The summed E-state index contributed by atoms with van der Waals surface area (Å²) in [6.07, 6.45) is 1.66. The van der Waals surface area contributed by atoms with E-state index < -0.39 is 0 Å². The molecule has 0 radical (unpaired) electrons. The molecule has 0 unspecified atom stereocenters. The van der Waals surface area contributed by atoms with Crippen LogP contribution in [0.5, 0.6) is 11.5 Å². The molecule has 3 N–H and O–H groups in total. The van der Waals surface area contributed by atoms with Crippen LogP contribution in [0.1, 0.15) is 23.2 Å². The second kappa shape index (κ2) is 11.9. The van der Waals surface area contributed by atoms with Crippen molar-refractivity contribution in [2.75, 3.05) is 26.7 Å². The average molecular weight is 490 g/mol. The van der Waals surface area contributed by atoms with Crippen molar-refractivity contribution in [2.24, 2.45) is 4.99 Å². The highest BCUT2D eigenvalue weighted by Crippen LogP contribution is 2.26. The zero-order valence-electron chi connectivity index (χ0n) is 15.4. The molecule has 0 aliphatic heterocycles. The van der Waals surface area contributed by atoms with E-state index in [-0.39, 0.29) is 29.7 Å². The van der Waals surface area contributed by atoms with E-state index in [0.29, 0.717) is 12.3 Å². The van der Waals surface area contributed by atoms with Crippen molar-refractivity contribution in [3.05, 3.63) is 39.8 Å². The molecule has 0 amide bonds. The number of methoxy groups -OCH3 is 1. The van der Waals surface area contributed by atoms with Gasteiger partial charge < -0.3 is 20.5 Å². The van der Waals surface area contributed by atoms with Gasteiger partial charge in [-0.2, -0.15) is 0 Å². The first-order valence-corrected chi connectivity index (χ1v) is 9.29. The zero-order chi connectivity index (χ0) is 18.1. The number of aryl methyl sites for hydroxylation is 1. The van der Waals surface area contributed by atoms with Gasteiger partial charge in [0.1, 0.15) is 0 Å². The number of nitrogens with zero attached hydrogens (tertiary/aromatic N) is 2. The molecule has 26 heavy (non-hydrogen) atoms. The first kappa shape index (κ1) is 22.5. The van der Waals surface area contributed by atoms with Crippen molar-refractivity contribution >= 4 is 41.3 Å². The van der Waals surface area contributed by atoms with Crippen LogP contribution >= 0.6 is 35.3 Å². The predicted molar refractivity (Wildman–Crippen MR) is 118 cm³/mol. The van der Waals surface area contributed by atoms with E-state index in [1.165, 1.54) is 0 Å². The van der Waals surface area contributed by atoms with Gasteiger partial charge in [0.15, 0.2) is 17.5 Å². The van der Waals surface area contributed by atoms with Crippen LogP contribution < -0.4 is 15.4 Å². The van der Waals surface area contributed by atoms with Crippen molar-refractivity contribution in [1.29, 1.82) is 0 Å². The van der Waals surface area contributed by atoms with E-state index in [1.54, 1.807) is 24.5 Å². The summed E-state index contributed by atoms with van der Waals surface area (Å²) in [6, 6.07) is 5.41. The molecule has 0 fully saturated rings. The number of halogens is 1. The molecular weight excluding hydrogens is 463 g/mol. The number of phenolic OH excluding ortho intramolecular Hbond substituents is 1. The van der Waals surface area contributed by atoms with Gasteiger partial charge in [0.2, 0.25) is 0 Å². The van der Waals surface area contributed by atoms with Crippen LogP contribution in [0, 0.1) is 6.92 Å². The van der Waals surface area contributed by atoms with E-state index in [4.69, 9.17) is 4.74 Å². The fourth-order valence-corrected chi connectivity index (χ4v) is 3.00. The predicted octanol–water partition coefficient (Wildman–Crippen LogP) is 3.12.